The summed E-state index contributed by atoms with van der Waals surface area (Å²) in [6.45, 7) is 10.4. The number of nitrogens with zero attached hydrogens (tertiary/aromatic N) is 1. The molecule has 0 aliphatic heterocycles. The maximum absolute atomic E-state index is 6.12. The summed E-state index contributed by atoms with van der Waals surface area (Å²) in [6.07, 6.45) is 5.45. The lowest BCUT2D eigenvalue weighted by Crippen LogP contribution is -2.19. The second kappa shape index (κ2) is 8.94. The standard InChI is InChI=1S/C15H23ClN2O/c1-4-5-6-7-19-15-8-13(14(16)11-18-15)10-17-9-12(2)3/h4,8,11-12,17H,1,5-7,9-10H2,2-3H3. The molecule has 0 unspecified atom stereocenters. The van der Waals surface area contributed by atoms with E-state index in [2.05, 4.69) is 30.7 Å². The minimum atomic E-state index is 0.621. The maximum atomic E-state index is 6.12. The second-order valence-electron chi connectivity index (χ2n) is 4.92. The highest BCUT2D eigenvalue weighted by Gasteiger charge is 2.04. The van der Waals surface area contributed by atoms with Gasteiger partial charge in [-0.25, -0.2) is 4.98 Å². The van der Waals surface area contributed by atoms with Gasteiger partial charge in [0.15, 0.2) is 0 Å². The fourth-order valence-electron chi connectivity index (χ4n) is 1.57. The van der Waals surface area contributed by atoms with Crippen LogP contribution >= 0.6 is 11.6 Å². The molecule has 0 atom stereocenters. The van der Waals surface area contributed by atoms with Gasteiger partial charge in [-0.3, -0.25) is 0 Å². The Morgan fingerprint density at radius 3 is 3.00 bits per heavy atom. The average Bonchev–Trinajstić information content (AvgIpc) is 2.37. The molecule has 19 heavy (non-hydrogen) atoms. The molecule has 0 saturated carbocycles. The van der Waals surface area contributed by atoms with Gasteiger partial charge in [-0.1, -0.05) is 31.5 Å². The first-order valence-corrected chi connectivity index (χ1v) is 7.10. The number of halogens is 1. The molecule has 4 heteroatoms. The average molecular weight is 283 g/mol. The van der Waals surface area contributed by atoms with Crippen molar-refractivity contribution in [1.82, 2.24) is 10.3 Å². The van der Waals surface area contributed by atoms with E-state index in [0.717, 1.165) is 31.5 Å². The molecule has 1 aromatic rings. The number of pyridine rings is 1. The smallest absolute Gasteiger partial charge is 0.213 e. The summed E-state index contributed by atoms with van der Waals surface area (Å²) in [7, 11) is 0. The second-order valence-corrected chi connectivity index (χ2v) is 5.33. The summed E-state index contributed by atoms with van der Waals surface area (Å²) >= 11 is 6.12. The van der Waals surface area contributed by atoms with E-state index in [0.29, 0.717) is 23.4 Å². The molecule has 0 radical (unpaired) electrons. The number of allylic oxidation sites excluding steroid dienone is 1. The number of nitrogens with one attached hydrogen (secondary N) is 1. The molecule has 1 aromatic heterocycles. The van der Waals surface area contributed by atoms with Crippen molar-refractivity contribution in [1.29, 1.82) is 0 Å². The molecule has 1 heterocycles. The van der Waals surface area contributed by atoms with Crippen molar-refractivity contribution in [3.05, 3.63) is 35.5 Å². The number of hydrogen-bond donors (Lipinski definition) is 1. The summed E-state index contributed by atoms with van der Waals surface area (Å²) in [4.78, 5) is 4.17. The Labute approximate surface area is 121 Å². The van der Waals surface area contributed by atoms with Gasteiger partial charge in [-0.05, 0) is 30.9 Å². The van der Waals surface area contributed by atoms with Crippen molar-refractivity contribution in [2.24, 2.45) is 5.92 Å². The molecule has 3 nitrogen and oxygen atoms in total. The molecular formula is C15H23ClN2O. The third-order valence-corrected chi connectivity index (χ3v) is 2.92. The minimum Gasteiger partial charge on any atom is -0.478 e. The van der Waals surface area contributed by atoms with Crippen LogP contribution in [0.1, 0.15) is 32.3 Å². The Morgan fingerprint density at radius 2 is 2.32 bits per heavy atom. The van der Waals surface area contributed by atoms with Crippen LogP contribution in [0.25, 0.3) is 0 Å². The van der Waals surface area contributed by atoms with Crippen molar-refractivity contribution in [2.45, 2.75) is 33.2 Å². The lowest BCUT2D eigenvalue weighted by atomic mass is 10.2. The van der Waals surface area contributed by atoms with Crippen LogP contribution in [0, 0.1) is 5.92 Å². The number of rotatable bonds is 9. The van der Waals surface area contributed by atoms with E-state index in [9.17, 15) is 0 Å². The zero-order valence-electron chi connectivity index (χ0n) is 11.8. The molecule has 0 bridgehead atoms. The van der Waals surface area contributed by atoms with Gasteiger partial charge in [0.2, 0.25) is 5.88 Å². The molecule has 0 amide bonds. The van der Waals surface area contributed by atoms with Crippen LogP contribution in [0.15, 0.2) is 24.9 Å². The van der Waals surface area contributed by atoms with Crippen LogP contribution in [0.4, 0.5) is 0 Å². The first kappa shape index (κ1) is 16.0. The highest BCUT2D eigenvalue weighted by Crippen LogP contribution is 2.19. The fraction of sp³-hybridized carbons (Fsp3) is 0.533. The third kappa shape index (κ3) is 6.60. The number of unbranched alkanes of at least 4 members (excludes halogenated alkanes) is 1. The van der Waals surface area contributed by atoms with Gasteiger partial charge in [0.25, 0.3) is 0 Å². The molecule has 0 spiro atoms. The molecule has 0 aromatic carbocycles. The zero-order valence-corrected chi connectivity index (χ0v) is 12.5. The Balaban J connectivity index is 2.48. The molecular weight excluding hydrogens is 260 g/mol. The minimum absolute atomic E-state index is 0.621. The number of aromatic nitrogens is 1. The molecule has 106 valence electrons. The number of hydrogen-bond acceptors (Lipinski definition) is 3. The lowest BCUT2D eigenvalue weighted by molar-refractivity contribution is 0.300. The van der Waals surface area contributed by atoms with Gasteiger partial charge in [-0.2, -0.15) is 0 Å². The van der Waals surface area contributed by atoms with E-state index in [1.54, 1.807) is 6.20 Å². The molecule has 0 saturated heterocycles. The fourth-order valence-corrected chi connectivity index (χ4v) is 1.74. The van der Waals surface area contributed by atoms with Gasteiger partial charge in [0.05, 0.1) is 11.6 Å². The largest absolute Gasteiger partial charge is 0.478 e. The Bertz CT molecular complexity index is 394. The normalized spacial score (nSPS) is 10.7. The highest BCUT2D eigenvalue weighted by atomic mass is 35.5. The van der Waals surface area contributed by atoms with E-state index in [1.165, 1.54) is 0 Å². The summed E-state index contributed by atoms with van der Waals surface area (Å²) in [5.41, 5.74) is 1.02. The van der Waals surface area contributed by atoms with Crippen molar-refractivity contribution >= 4 is 11.6 Å². The summed E-state index contributed by atoms with van der Waals surface area (Å²) in [5, 5.41) is 4.04. The molecule has 0 aliphatic carbocycles. The quantitative estimate of drug-likeness (QED) is 0.552. The summed E-state index contributed by atoms with van der Waals surface area (Å²) in [5.74, 6) is 1.25. The molecule has 1 rings (SSSR count). The van der Waals surface area contributed by atoms with E-state index >= 15 is 0 Å². The first-order chi connectivity index (χ1) is 9.13. The summed E-state index contributed by atoms with van der Waals surface area (Å²) < 4.78 is 5.59. The van der Waals surface area contributed by atoms with Crippen LogP contribution in [0.5, 0.6) is 5.88 Å². The molecule has 1 N–H and O–H groups in total. The highest BCUT2D eigenvalue weighted by molar-refractivity contribution is 6.31. The Hall–Kier alpha value is -1.06. The SMILES string of the molecule is C=CCCCOc1cc(CNCC(C)C)c(Cl)cn1. The topological polar surface area (TPSA) is 34.1 Å². The van der Waals surface area contributed by atoms with Crippen LogP contribution < -0.4 is 10.1 Å². The van der Waals surface area contributed by atoms with Crippen LogP contribution in [-0.2, 0) is 6.54 Å². The van der Waals surface area contributed by atoms with Gasteiger partial charge >= 0.3 is 0 Å². The predicted molar refractivity (Wildman–Crippen MR) is 80.7 cm³/mol. The van der Waals surface area contributed by atoms with E-state index in [-0.39, 0.29) is 0 Å². The maximum Gasteiger partial charge on any atom is 0.213 e. The Kier molecular flexibility index (Phi) is 7.53. The molecule has 0 aliphatic rings. The van der Waals surface area contributed by atoms with Crippen molar-refractivity contribution in [3.8, 4) is 5.88 Å². The number of ether oxygens (including phenoxy) is 1. The van der Waals surface area contributed by atoms with Gasteiger partial charge in [0.1, 0.15) is 0 Å². The van der Waals surface area contributed by atoms with Crippen LogP contribution in [0.3, 0.4) is 0 Å². The first-order valence-electron chi connectivity index (χ1n) is 6.72. The van der Waals surface area contributed by atoms with E-state index in [1.807, 2.05) is 12.1 Å². The monoisotopic (exact) mass is 282 g/mol. The predicted octanol–water partition coefficient (Wildman–Crippen LogP) is 3.83. The third-order valence-electron chi connectivity index (χ3n) is 2.58. The van der Waals surface area contributed by atoms with Gasteiger partial charge < -0.3 is 10.1 Å². The van der Waals surface area contributed by atoms with Crippen LogP contribution in [-0.4, -0.2) is 18.1 Å². The van der Waals surface area contributed by atoms with E-state index < -0.39 is 0 Å². The van der Waals surface area contributed by atoms with Gasteiger partial charge in [-0.15, -0.1) is 6.58 Å². The van der Waals surface area contributed by atoms with Crippen molar-refractivity contribution in [2.75, 3.05) is 13.2 Å². The van der Waals surface area contributed by atoms with Crippen LogP contribution in [0.2, 0.25) is 5.02 Å². The van der Waals surface area contributed by atoms with Crippen molar-refractivity contribution < 1.29 is 4.74 Å². The van der Waals surface area contributed by atoms with E-state index in [4.69, 9.17) is 16.3 Å². The summed E-state index contributed by atoms with van der Waals surface area (Å²) in [6, 6.07) is 1.91. The molecule has 0 fully saturated rings. The van der Waals surface area contributed by atoms with Crippen molar-refractivity contribution in [3.63, 3.8) is 0 Å². The Morgan fingerprint density at radius 1 is 1.53 bits per heavy atom. The lowest BCUT2D eigenvalue weighted by Gasteiger charge is -2.10. The zero-order chi connectivity index (χ0) is 14.1. The van der Waals surface area contributed by atoms with Gasteiger partial charge in [0, 0.05) is 18.8 Å².